The number of hydrogen-bond acceptors (Lipinski definition) is 6. The Bertz CT molecular complexity index is 442. The molecule has 7 heteroatoms. The van der Waals surface area contributed by atoms with Crippen LogP contribution in [0.5, 0.6) is 0 Å². The number of nitrogens with one attached hydrogen (secondary N) is 1. The van der Waals surface area contributed by atoms with Gasteiger partial charge < -0.3 is 10.2 Å². The second-order valence-corrected chi connectivity index (χ2v) is 6.32. The second-order valence-electron chi connectivity index (χ2n) is 5.18. The minimum absolute atomic E-state index is 0.0720. The number of carbonyl (C=O) groups is 1. The third-order valence-electron chi connectivity index (χ3n) is 3.69. The van der Waals surface area contributed by atoms with E-state index < -0.39 is 0 Å². The van der Waals surface area contributed by atoms with Gasteiger partial charge in [-0.1, -0.05) is 18.3 Å². The van der Waals surface area contributed by atoms with Gasteiger partial charge in [-0.15, -0.1) is 10.2 Å². The molecule has 0 saturated carbocycles. The fourth-order valence-corrected chi connectivity index (χ4v) is 2.91. The number of amides is 1. The molecule has 0 radical (unpaired) electrons. The number of aryl methyl sites for hydroxylation is 1. The first-order valence-electron chi connectivity index (χ1n) is 7.11. The summed E-state index contributed by atoms with van der Waals surface area (Å²) < 4.78 is 0. The Hall–Kier alpha value is -1.05. The molecule has 1 aliphatic heterocycles. The fourth-order valence-electron chi connectivity index (χ4n) is 2.19. The van der Waals surface area contributed by atoms with Crippen LogP contribution in [-0.2, 0) is 17.8 Å². The Kier molecular flexibility index (Phi) is 5.45. The van der Waals surface area contributed by atoms with Gasteiger partial charge in [0.15, 0.2) is 0 Å². The standard InChI is InChI=1S/C13H23N5OS/c1-4-11-15-16-12(20-11)9-14-13(19)10(2)18-7-5-17(3)6-8-18/h10H,4-9H2,1-3H3,(H,14,19)/t10-/m0/s1. The van der Waals surface area contributed by atoms with Gasteiger partial charge in [-0.25, -0.2) is 0 Å². The Morgan fingerprint density at radius 3 is 2.55 bits per heavy atom. The van der Waals surface area contributed by atoms with E-state index in [1.54, 1.807) is 11.3 Å². The summed E-state index contributed by atoms with van der Waals surface area (Å²) in [6.45, 7) is 8.45. The van der Waals surface area contributed by atoms with Crippen LogP contribution in [0.2, 0.25) is 0 Å². The van der Waals surface area contributed by atoms with Crippen molar-refractivity contribution in [2.24, 2.45) is 0 Å². The molecular weight excluding hydrogens is 274 g/mol. The van der Waals surface area contributed by atoms with Crippen molar-refractivity contribution in [2.75, 3.05) is 33.2 Å². The molecule has 112 valence electrons. The third-order valence-corrected chi connectivity index (χ3v) is 4.76. The number of carbonyl (C=O) groups excluding carboxylic acids is 1. The predicted molar refractivity (Wildman–Crippen MR) is 79.7 cm³/mol. The first-order valence-corrected chi connectivity index (χ1v) is 7.93. The monoisotopic (exact) mass is 297 g/mol. The molecule has 1 saturated heterocycles. The maximum absolute atomic E-state index is 12.2. The quantitative estimate of drug-likeness (QED) is 0.850. The molecule has 0 aromatic carbocycles. The normalized spacial score (nSPS) is 18.9. The number of aromatic nitrogens is 2. The molecule has 0 bridgehead atoms. The highest BCUT2D eigenvalue weighted by Crippen LogP contribution is 2.10. The molecule has 1 aromatic rings. The lowest BCUT2D eigenvalue weighted by molar-refractivity contribution is -0.126. The van der Waals surface area contributed by atoms with E-state index >= 15 is 0 Å². The van der Waals surface area contributed by atoms with Gasteiger partial charge in [0.05, 0.1) is 12.6 Å². The molecule has 6 nitrogen and oxygen atoms in total. The van der Waals surface area contributed by atoms with Crippen LogP contribution in [0.25, 0.3) is 0 Å². The van der Waals surface area contributed by atoms with Crippen molar-refractivity contribution < 1.29 is 4.79 Å². The molecule has 20 heavy (non-hydrogen) atoms. The molecule has 1 atom stereocenters. The van der Waals surface area contributed by atoms with Crippen molar-refractivity contribution >= 4 is 17.2 Å². The molecule has 2 rings (SSSR count). The summed E-state index contributed by atoms with van der Waals surface area (Å²) >= 11 is 1.57. The van der Waals surface area contributed by atoms with Gasteiger partial charge in [0.1, 0.15) is 10.0 Å². The van der Waals surface area contributed by atoms with Crippen LogP contribution in [0, 0.1) is 0 Å². The van der Waals surface area contributed by atoms with Crippen molar-refractivity contribution in [2.45, 2.75) is 32.9 Å². The van der Waals surface area contributed by atoms with Crippen LogP contribution in [0.15, 0.2) is 0 Å². The minimum atomic E-state index is -0.0812. The summed E-state index contributed by atoms with van der Waals surface area (Å²) in [5.74, 6) is 0.0720. The molecule has 0 aliphatic carbocycles. The van der Waals surface area contributed by atoms with Crippen LogP contribution in [0.3, 0.4) is 0 Å². The zero-order valence-electron chi connectivity index (χ0n) is 12.4. The highest BCUT2D eigenvalue weighted by Gasteiger charge is 2.24. The zero-order chi connectivity index (χ0) is 14.5. The molecule has 2 heterocycles. The number of piperazine rings is 1. The summed E-state index contributed by atoms with van der Waals surface area (Å²) in [7, 11) is 2.11. The topological polar surface area (TPSA) is 61.4 Å². The van der Waals surface area contributed by atoms with Crippen molar-refractivity contribution in [3.05, 3.63) is 10.0 Å². The Morgan fingerprint density at radius 1 is 1.30 bits per heavy atom. The largest absolute Gasteiger partial charge is 0.348 e. The number of likely N-dealkylation sites (N-methyl/N-ethyl adjacent to an activating group) is 1. The predicted octanol–water partition coefficient (Wildman–Crippen LogP) is 0.353. The Balaban J connectivity index is 1.79. The Morgan fingerprint density at radius 2 is 1.95 bits per heavy atom. The molecule has 0 unspecified atom stereocenters. The lowest BCUT2D eigenvalue weighted by Gasteiger charge is -2.35. The molecule has 0 spiro atoms. The van der Waals surface area contributed by atoms with Gasteiger partial charge in [0.2, 0.25) is 5.91 Å². The summed E-state index contributed by atoms with van der Waals surface area (Å²) in [4.78, 5) is 16.7. The van der Waals surface area contributed by atoms with Crippen LogP contribution in [0.4, 0.5) is 0 Å². The third kappa shape index (κ3) is 3.97. The summed E-state index contributed by atoms with van der Waals surface area (Å²) in [5, 5.41) is 13.0. The minimum Gasteiger partial charge on any atom is -0.348 e. The van der Waals surface area contributed by atoms with Crippen LogP contribution in [-0.4, -0.2) is 65.2 Å². The van der Waals surface area contributed by atoms with E-state index in [1.165, 1.54) is 0 Å². The number of nitrogens with zero attached hydrogens (tertiary/aromatic N) is 4. The summed E-state index contributed by atoms with van der Waals surface area (Å²) in [6, 6.07) is -0.0812. The van der Waals surface area contributed by atoms with Crippen LogP contribution in [0.1, 0.15) is 23.9 Å². The van der Waals surface area contributed by atoms with Gasteiger partial charge in [0.25, 0.3) is 0 Å². The second kappa shape index (κ2) is 7.10. The maximum Gasteiger partial charge on any atom is 0.237 e. The van der Waals surface area contributed by atoms with Crippen molar-refractivity contribution in [1.29, 1.82) is 0 Å². The van der Waals surface area contributed by atoms with E-state index in [2.05, 4.69) is 39.3 Å². The number of rotatable bonds is 5. The number of hydrogen-bond donors (Lipinski definition) is 1. The van der Waals surface area contributed by atoms with E-state index in [0.29, 0.717) is 6.54 Å². The van der Waals surface area contributed by atoms with E-state index in [4.69, 9.17) is 0 Å². The van der Waals surface area contributed by atoms with Gasteiger partial charge in [0, 0.05) is 26.2 Å². The van der Waals surface area contributed by atoms with Crippen molar-refractivity contribution in [3.63, 3.8) is 0 Å². The van der Waals surface area contributed by atoms with Crippen molar-refractivity contribution in [1.82, 2.24) is 25.3 Å². The first-order chi connectivity index (χ1) is 9.60. The first kappa shape index (κ1) is 15.3. The molecule has 1 amide bonds. The van der Waals surface area contributed by atoms with E-state index in [-0.39, 0.29) is 11.9 Å². The van der Waals surface area contributed by atoms with E-state index in [0.717, 1.165) is 42.6 Å². The lowest BCUT2D eigenvalue weighted by Crippen LogP contribution is -2.52. The molecule has 1 aromatic heterocycles. The van der Waals surface area contributed by atoms with Gasteiger partial charge in [-0.05, 0) is 20.4 Å². The van der Waals surface area contributed by atoms with E-state index in [9.17, 15) is 4.79 Å². The van der Waals surface area contributed by atoms with Gasteiger partial charge in [-0.2, -0.15) is 0 Å². The highest BCUT2D eigenvalue weighted by atomic mass is 32.1. The molecular formula is C13H23N5OS. The van der Waals surface area contributed by atoms with Gasteiger partial charge >= 0.3 is 0 Å². The zero-order valence-corrected chi connectivity index (χ0v) is 13.2. The average Bonchev–Trinajstić information content (AvgIpc) is 2.93. The maximum atomic E-state index is 12.2. The fraction of sp³-hybridized carbons (Fsp3) is 0.769. The average molecular weight is 297 g/mol. The van der Waals surface area contributed by atoms with Crippen molar-refractivity contribution in [3.8, 4) is 0 Å². The summed E-state index contributed by atoms with van der Waals surface area (Å²) in [6.07, 6.45) is 0.892. The van der Waals surface area contributed by atoms with Crippen LogP contribution >= 0.6 is 11.3 Å². The smallest absolute Gasteiger partial charge is 0.237 e. The molecule has 1 fully saturated rings. The van der Waals surface area contributed by atoms with Gasteiger partial charge in [-0.3, -0.25) is 9.69 Å². The lowest BCUT2D eigenvalue weighted by atomic mass is 10.2. The summed E-state index contributed by atoms with van der Waals surface area (Å²) in [5.41, 5.74) is 0. The van der Waals surface area contributed by atoms with E-state index in [1.807, 2.05) is 6.92 Å². The molecule has 1 aliphatic rings. The molecule has 1 N–H and O–H groups in total. The highest BCUT2D eigenvalue weighted by molar-refractivity contribution is 7.11. The SMILES string of the molecule is CCc1nnc(CNC(=O)[C@H](C)N2CCN(C)CC2)s1. The Labute approximate surface area is 124 Å². The van der Waals surface area contributed by atoms with Crippen LogP contribution < -0.4 is 5.32 Å².